The van der Waals surface area contributed by atoms with Gasteiger partial charge in [0.05, 0.1) is 21.4 Å². The van der Waals surface area contributed by atoms with E-state index in [9.17, 15) is 23.3 Å². The molecule has 4 aromatic rings. The Labute approximate surface area is 208 Å². The van der Waals surface area contributed by atoms with Gasteiger partial charge in [-0.3, -0.25) is 10.1 Å². The van der Waals surface area contributed by atoms with Crippen LogP contribution in [0.5, 0.6) is 5.75 Å². The van der Waals surface area contributed by atoms with Gasteiger partial charge >= 0.3 is 5.97 Å². The zero-order chi connectivity index (χ0) is 25.9. The predicted octanol–water partition coefficient (Wildman–Crippen LogP) is 5.24. The molecule has 0 bridgehead atoms. The van der Waals surface area contributed by atoms with Gasteiger partial charge in [0, 0.05) is 12.1 Å². The van der Waals surface area contributed by atoms with Gasteiger partial charge in [-0.2, -0.15) is 4.72 Å². The lowest BCUT2D eigenvalue weighted by atomic mass is 10.0. The molecule has 0 unspecified atom stereocenters. The third-order valence-corrected chi connectivity index (χ3v) is 7.02. The first-order valence-corrected chi connectivity index (χ1v) is 12.4. The van der Waals surface area contributed by atoms with E-state index in [2.05, 4.69) is 11.3 Å². The molecule has 0 aliphatic carbocycles. The number of nitro groups is 1. The van der Waals surface area contributed by atoms with Crippen LogP contribution in [0, 0.1) is 17.0 Å². The lowest BCUT2D eigenvalue weighted by molar-refractivity contribution is -0.384. The second-order valence-corrected chi connectivity index (χ2v) is 9.85. The molecule has 36 heavy (non-hydrogen) atoms. The van der Waals surface area contributed by atoms with Crippen LogP contribution in [0.3, 0.4) is 0 Å². The fourth-order valence-electron chi connectivity index (χ4n) is 3.59. The predicted molar refractivity (Wildman–Crippen MR) is 136 cm³/mol. The molecule has 0 aliphatic heterocycles. The molecule has 0 saturated heterocycles. The minimum atomic E-state index is -4.08. The summed E-state index contributed by atoms with van der Waals surface area (Å²) < 4.78 is 34.2. The highest BCUT2D eigenvalue weighted by Crippen LogP contribution is 2.28. The number of benzene rings is 4. The summed E-state index contributed by atoms with van der Waals surface area (Å²) in [5.41, 5.74) is 0.803. The molecule has 0 amide bonds. The van der Waals surface area contributed by atoms with Crippen molar-refractivity contribution in [1.82, 2.24) is 4.72 Å². The number of ether oxygens (including phenoxy) is 1. The molecule has 1 N–H and O–H groups in total. The highest BCUT2D eigenvalue weighted by molar-refractivity contribution is 7.89. The van der Waals surface area contributed by atoms with Gasteiger partial charge < -0.3 is 4.74 Å². The van der Waals surface area contributed by atoms with E-state index in [1.165, 1.54) is 36.4 Å². The number of nitro benzene ring substituents is 1. The second kappa shape index (κ2) is 10.1. The zero-order valence-corrected chi connectivity index (χ0v) is 20.1. The van der Waals surface area contributed by atoms with Crippen molar-refractivity contribution in [3.8, 4) is 5.75 Å². The maximum absolute atomic E-state index is 13.1. The summed E-state index contributed by atoms with van der Waals surface area (Å²) in [6.45, 7) is 5.63. The Morgan fingerprint density at radius 2 is 1.58 bits per heavy atom. The number of fused-ring (bicyclic) bond motifs is 1. The molecule has 4 rings (SSSR count). The summed E-state index contributed by atoms with van der Waals surface area (Å²) in [5.74, 6) is -0.580. The van der Waals surface area contributed by atoms with Crippen molar-refractivity contribution in [2.45, 2.75) is 17.9 Å². The van der Waals surface area contributed by atoms with Crippen molar-refractivity contribution in [2.75, 3.05) is 0 Å². The van der Waals surface area contributed by atoms with Gasteiger partial charge in [0.1, 0.15) is 5.75 Å². The molecule has 0 fully saturated rings. The van der Waals surface area contributed by atoms with E-state index in [1.807, 2.05) is 31.2 Å². The van der Waals surface area contributed by atoms with E-state index in [4.69, 9.17) is 4.74 Å². The van der Waals surface area contributed by atoms with Crippen molar-refractivity contribution in [2.24, 2.45) is 0 Å². The molecule has 0 saturated carbocycles. The summed E-state index contributed by atoms with van der Waals surface area (Å²) >= 11 is 0. The highest BCUT2D eigenvalue weighted by Gasteiger charge is 2.28. The SMILES string of the molecule is C=C(C(=O)Oc1ccc2ccccc2c1)[C@H](NS(=O)(=O)c1ccc(C)cc1)c1ccc([N+](=O)[O-])cc1. The fraction of sp³-hybridized carbons (Fsp3) is 0.0741. The summed E-state index contributed by atoms with van der Waals surface area (Å²) in [5, 5.41) is 12.9. The minimum Gasteiger partial charge on any atom is -0.423 e. The lowest BCUT2D eigenvalue weighted by Crippen LogP contribution is -2.33. The third-order valence-electron chi connectivity index (χ3n) is 5.58. The van der Waals surface area contributed by atoms with Crippen LogP contribution in [0.4, 0.5) is 5.69 Å². The van der Waals surface area contributed by atoms with Crippen molar-refractivity contribution in [3.05, 3.63) is 124 Å². The highest BCUT2D eigenvalue weighted by atomic mass is 32.2. The Kier molecular flexibility index (Phi) is 6.96. The lowest BCUT2D eigenvalue weighted by Gasteiger charge is -2.21. The smallest absolute Gasteiger partial charge is 0.340 e. The van der Waals surface area contributed by atoms with Gasteiger partial charge in [-0.15, -0.1) is 0 Å². The van der Waals surface area contributed by atoms with Crippen molar-refractivity contribution >= 4 is 32.5 Å². The number of rotatable bonds is 8. The summed E-state index contributed by atoms with van der Waals surface area (Å²) in [6, 6.07) is 22.8. The molecule has 4 aromatic carbocycles. The minimum absolute atomic E-state index is 0.00397. The van der Waals surface area contributed by atoms with Gasteiger partial charge in [-0.05, 0) is 47.5 Å². The first kappa shape index (κ1) is 24.8. The number of nitrogens with zero attached hydrogens (tertiary/aromatic N) is 1. The van der Waals surface area contributed by atoms with Crippen LogP contribution >= 0.6 is 0 Å². The molecular formula is C27H22N2O6S. The third kappa shape index (κ3) is 5.48. The second-order valence-electron chi connectivity index (χ2n) is 8.14. The van der Waals surface area contributed by atoms with Crippen LogP contribution in [0.15, 0.2) is 108 Å². The Balaban J connectivity index is 1.65. The summed E-state index contributed by atoms with van der Waals surface area (Å²) in [6.07, 6.45) is 0. The maximum atomic E-state index is 13.1. The Hall–Kier alpha value is -4.34. The fourth-order valence-corrected chi connectivity index (χ4v) is 4.81. The van der Waals surface area contributed by atoms with Crippen LogP contribution < -0.4 is 9.46 Å². The monoisotopic (exact) mass is 502 g/mol. The number of carbonyl (C=O) groups is 1. The standard InChI is InChI=1S/C27H22N2O6S/c1-18-7-15-25(16-8-18)36(33,34)28-26(21-9-12-23(13-10-21)29(31)32)19(2)27(30)35-24-14-11-20-5-3-4-6-22(20)17-24/h3-17,26,28H,2H2,1H3/t26-/m0/s1. The Bertz CT molecular complexity index is 1560. The van der Waals surface area contributed by atoms with Crippen LogP contribution in [-0.4, -0.2) is 19.3 Å². The molecule has 0 aromatic heterocycles. The Morgan fingerprint density at radius 3 is 2.22 bits per heavy atom. The number of carbonyl (C=O) groups excluding carboxylic acids is 1. The largest absolute Gasteiger partial charge is 0.423 e. The molecule has 0 aliphatic rings. The number of sulfonamides is 1. The van der Waals surface area contributed by atoms with Crippen molar-refractivity contribution < 1.29 is 22.9 Å². The van der Waals surface area contributed by atoms with Gasteiger partial charge in [0.25, 0.3) is 5.69 Å². The Morgan fingerprint density at radius 1 is 0.944 bits per heavy atom. The first-order valence-electron chi connectivity index (χ1n) is 10.9. The molecule has 182 valence electrons. The number of hydrogen-bond acceptors (Lipinski definition) is 6. The van der Waals surface area contributed by atoms with Gasteiger partial charge in [0.2, 0.25) is 10.0 Å². The number of esters is 1. The van der Waals surface area contributed by atoms with E-state index < -0.39 is 27.0 Å². The van der Waals surface area contributed by atoms with Crippen LogP contribution in [-0.2, 0) is 14.8 Å². The number of aryl methyl sites for hydroxylation is 1. The van der Waals surface area contributed by atoms with Crippen molar-refractivity contribution in [1.29, 1.82) is 0 Å². The molecule has 0 heterocycles. The van der Waals surface area contributed by atoms with E-state index in [-0.39, 0.29) is 27.5 Å². The molecule has 1 atom stereocenters. The molecule has 0 spiro atoms. The number of hydrogen-bond donors (Lipinski definition) is 1. The normalized spacial score (nSPS) is 12.1. The van der Waals surface area contributed by atoms with E-state index in [0.717, 1.165) is 16.3 Å². The van der Waals surface area contributed by atoms with E-state index >= 15 is 0 Å². The van der Waals surface area contributed by atoms with Gasteiger partial charge in [-0.25, -0.2) is 13.2 Å². The van der Waals surface area contributed by atoms with Gasteiger partial charge in [0.15, 0.2) is 0 Å². The molecule has 8 nitrogen and oxygen atoms in total. The van der Waals surface area contributed by atoms with E-state index in [0.29, 0.717) is 0 Å². The average Bonchev–Trinajstić information content (AvgIpc) is 2.87. The van der Waals surface area contributed by atoms with E-state index in [1.54, 1.807) is 30.3 Å². The first-order chi connectivity index (χ1) is 17.1. The maximum Gasteiger partial charge on any atom is 0.340 e. The molecule has 9 heteroatoms. The van der Waals surface area contributed by atoms with Gasteiger partial charge in [-0.1, -0.05) is 66.7 Å². The number of non-ortho nitro benzene ring substituents is 1. The molecule has 0 radical (unpaired) electrons. The van der Waals surface area contributed by atoms with Crippen LogP contribution in [0.2, 0.25) is 0 Å². The number of nitrogens with one attached hydrogen (secondary N) is 1. The van der Waals surface area contributed by atoms with Crippen molar-refractivity contribution in [3.63, 3.8) is 0 Å². The average molecular weight is 503 g/mol. The quantitative estimate of drug-likeness (QED) is 0.116. The summed E-state index contributed by atoms with van der Waals surface area (Å²) in [7, 11) is -4.08. The van der Waals surface area contributed by atoms with Crippen LogP contribution in [0.25, 0.3) is 10.8 Å². The van der Waals surface area contributed by atoms with Crippen LogP contribution in [0.1, 0.15) is 17.2 Å². The topological polar surface area (TPSA) is 116 Å². The molecular weight excluding hydrogens is 480 g/mol. The summed E-state index contributed by atoms with van der Waals surface area (Å²) in [4.78, 5) is 23.5. The zero-order valence-electron chi connectivity index (χ0n) is 19.2.